The van der Waals surface area contributed by atoms with E-state index in [4.69, 9.17) is 8.83 Å². The van der Waals surface area contributed by atoms with Gasteiger partial charge in [0.2, 0.25) is 0 Å². The largest absolute Gasteiger partial charge is 0.455 e. The summed E-state index contributed by atoms with van der Waals surface area (Å²) in [6, 6.07) is 39.8. The number of hydrogen-bond acceptors (Lipinski definition) is 2. The van der Waals surface area contributed by atoms with Gasteiger partial charge >= 0.3 is 0 Å². The molecule has 8 aromatic rings. The van der Waals surface area contributed by atoms with Crippen LogP contribution in [0.25, 0.3) is 55.0 Å². The van der Waals surface area contributed by atoms with Crippen LogP contribution in [0.3, 0.4) is 0 Å². The summed E-state index contributed by atoms with van der Waals surface area (Å²) in [7, 11) is -2.03. The summed E-state index contributed by atoms with van der Waals surface area (Å²) in [6.07, 6.45) is 0. The van der Waals surface area contributed by atoms with Crippen molar-refractivity contribution in [3.63, 3.8) is 0 Å². The molecule has 0 saturated carbocycles. The van der Waals surface area contributed by atoms with Crippen molar-refractivity contribution in [3.05, 3.63) is 140 Å². The van der Waals surface area contributed by atoms with Gasteiger partial charge in [0.1, 0.15) is 30.4 Å². The summed E-state index contributed by atoms with van der Waals surface area (Å²) in [5.41, 5.74) is 10.4. The molecule has 1 aliphatic heterocycles. The maximum Gasteiger partial charge on any atom is 0.144 e. The summed E-state index contributed by atoms with van der Waals surface area (Å²) < 4.78 is 15.8. The lowest BCUT2D eigenvalue weighted by Crippen LogP contribution is -2.63. The smallest absolute Gasteiger partial charge is 0.144 e. The quantitative estimate of drug-likeness (QED) is 0.146. The topological polar surface area (TPSA) is 26.3 Å². The molecule has 210 valence electrons. The van der Waals surface area contributed by atoms with Crippen LogP contribution in [-0.4, -0.2) is 8.07 Å². The lowest BCUT2D eigenvalue weighted by atomic mass is 9.67. The lowest BCUT2D eigenvalue weighted by molar-refractivity contribution is 0.665. The summed E-state index contributed by atoms with van der Waals surface area (Å²) in [5, 5.41) is 7.35. The van der Waals surface area contributed by atoms with Crippen molar-refractivity contribution in [1.29, 1.82) is 0 Å². The highest BCUT2D eigenvalue weighted by atomic mass is 79.9. The molecule has 6 aromatic carbocycles. The van der Waals surface area contributed by atoms with E-state index in [0.717, 1.165) is 63.9 Å². The first-order chi connectivity index (χ1) is 21.4. The highest BCUT2D eigenvalue weighted by molar-refractivity contribution is 9.11. The highest BCUT2D eigenvalue weighted by Gasteiger charge is 2.55. The van der Waals surface area contributed by atoms with Crippen LogP contribution in [0.2, 0.25) is 13.1 Å². The Morgan fingerprint density at radius 2 is 0.932 bits per heavy atom. The van der Waals surface area contributed by atoms with Crippen LogP contribution in [0.4, 0.5) is 0 Å². The van der Waals surface area contributed by atoms with Gasteiger partial charge in [-0.15, -0.1) is 0 Å². The van der Waals surface area contributed by atoms with Crippen LogP contribution in [0.15, 0.2) is 127 Å². The molecule has 0 fully saturated rings. The Bertz CT molecular complexity index is 2390. The molecule has 44 heavy (non-hydrogen) atoms. The minimum Gasteiger partial charge on any atom is -0.455 e. The average Bonchev–Trinajstić information content (AvgIpc) is 3.70. The number of fused-ring (bicyclic) bond motifs is 17. The van der Waals surface area contributed by atoms with Crippen LogP contribution in [0, 0.1) is 0 Å². The second-order valence-electron chi connectivity index (χ2n) is 12.6. The summed E-state index contributed by atoms with van der Waals surface area (Å²) in [6.45, 7) is 4.98. The number of furan rings is 2. The van der Waals surface area contributed by atoms with Gasteiger partial charge in [0.15, 0.2) is 0 Å². The first kappa shape index (κ1) is 25.4. The molecular formula is C39H24Br2O2Si. The predicted molar refractivity (Wildman–Crippen MR) is 190 cm³/mol. The van der Waals surface area contributed by atoms with Crippen LogP contribution in [0.1, 0.15) is 22.3 Å². The lowest BCUT2D eigenvalue weighted by Gasteiger charge is -2.45. The molecule has 0 N–H and O–H groups in total. The molecule has 3 heterocycles. The van der Waals surface area contributed by atoms with Crippen molar-refractivity contribution < 1.29 is 8.83 Å². The Morgan fingerprint density at radius 1 is 0.523 bits per heavy atom. The zero-order chi connectivity index (χ0) is 29.5. The maximum absolute atomic E-state index is 6.86. The van der Waals surface area contributed by atoms with E-state index >= 15 is 0 Å². The first-order valence-electron chi connectivity index (χ1n) is 14.9. The summed E-state index contributed by atoms with van der Waals surface area (Å²) in [4.78, 5) is 0. The van der Waals surface area contributed by atoms with Gasteiger partial charge < -0.3 is 8.83 Å². The molecule has 0 amide bonds. The van der Waals surface area contributed by atoms with E-state index < -0.39 is 13.5 Å². The average molecular weight is 713 g/mol. The summed E-state index contributed by atoms with van der Waals surface area (Å²) in [5.74, 6) is 0. The Morgan fingerprint density at radius 3 is 1.41 bits per heavy atom. The monoisotopic (exact) mass is 710 g/mol. The third kappa shape index (κ3) is 2.83. The van der Waals surface area contributed by atoms with E-state index in [1.165, 1.54) is 32.6 Å². The van der Waals surface area contributed by atoms with Gasteiger partial charge in [-0.3, -0.25) is 0 Å². The molecule has 5 heteroatoms. The number of para-hydroxylation sites is 2. The Kier molecular flexibility index (Phi) is 4.87. The second kappa shape index (κ2) is 8.42. The first-order valence-corrected chi connectivity index (χ1v) is 19.5. The van der Waals surface area contributed by atoms with Crippen molar-refractivity contribution >= 4 is 94.2 Å². The van der Waals surface area contributed by atoms with E-state index in [2.05, 4.69) is 142 Å². The van der Waals surface area contributed by atoms with Gasteiger partial charge in [-0.1, -0.05) is 130 Å². The standard InChI is InChI=1S/C39H24Br2O2Si/c1-44(2)31-17-9-5-13-23(31)39(24-14-6-10-18-32(24)44)25-19-27(40)33-21-11-3-7-15-29(21)42-37(33)35(25)36-26(39)20-28(41)34-22-12-4-8-16-30(22)43-38(34)36/h3-20H,1-2H3. The third-order valence-corrected chi connectivity index (χ3v) is 15.1. The molecule has 0 unspecified atom stereocenters. The molecule has 0 bridgehead atoms. The van der Waals surface area contributed by atoms with Gasteiger partial charge in [-0.25, -0.2) is 0 Å². The van der Waals surface area contributed by atoms with Crippen LogP contribution in [-0.2, 0) is 5.41 Å². The fourth-order valence-electron chi connectivity index (χ4n) is 8.52. The Balaban J connectivity index is 1.52. The van der Waals surface area contributed by atoms with Crippen LogP contribution in [0.5, 0.6) is 0 Å². The van der Waals surface area contributed by atoms with Crippen molar-refractivity contribution in [1.82, 2.24) is 0 Å². The fourth-order valence-corrected chi connectivity index (χ4v) is 13.0. The highest BCUT2D eigenvalue weighted by Crippen LogP contribution is 2.62. The molecule has 2 aliphatic rings. The minimum atomic E-state index is -2.03. The Labute approximate surface area is 271 Å². The van der Waals surface area contributed by atoms with E-state index in [1.54, 1.807) is 0 Å². The van der Waals surface area contributed by atoms with E-state index in [-0.39, 0.29) is 0 Å². The molecule has 1 spiro atoms. The van der Waals surface area contributed by atoms with E-state index in [0.29, 0.717) is 0 Å². The fraction of sp³-hybridized carbons (Fsp3) is 0.0769. The van der Waals surface area contributed by atoms with Crippen molar-refractivity contribution in [2.45, 2.75) is 18.5 Å². The van der Waals surface area contributed by atoms with Gasteiger partial charge in [-0.2, -0.15) is 0 Å². The molecular weight excluding hydrogens is 688 g/mol. The third-order valence-electron chi connectivity index (χ3n) is 10.3. The SMILES string of the molecule is C[Si]1(C)c2ccccc2C2(c3ccccc31)c1cc(Br)c3c(oc4ccccc43)c1-c1c2cc(Br)c2c1oc1ccccc12. The minimum absolute atomic E-state index is 0.550. The number of rotatable bonds is 0. The number of halogens is 2. The van der Waals surface area contributed by atoms with Crippen LogP contribution >= 0.6 is 31.9 Å². The normalized spacial score (nSPS) is 15.6. The number of hydrogen-bond donors (Lipinski definition) is 0. The molecule has 2 aromatic heterocycles. The van der Waals surface area contributed by atoms with Crippen LogP contribution < -0.4 is 10.4 Å². The molecule has 0 saturated heterocycles. The van der Waals surface area contributed by atoms with Gasteiger partial charge in [0.25, 0.3) is 0 Å². The maximum atomic E-state index is 6.86. The molecule has 1 aliphatic carbocycles. The van der Waals surface area contributed by atoms with Gasteiger partial charge in [-0.05, 0) is 56.9 Å². The van der Waals surface area contributed by atoms with Crippen molar-refractivity contribution in [2.24, 2.45) is 0 Å². The molecule has 2 nitrogen and oxygen atoms in total. The molecule has 10 rings (SSSR count). The van der Waals surface area contributed by atoms with Gasteiger partial charge in [0.05, 0.1) is 5.41 Å². The second-order valence-corrected chi connectivity index (χ2v) is 18.7. The van der Waals surface area contributed by atoms with Crippen molar-refractivity contribution in [3.8, 4) is 11.1 Å². The summed E-state index contributed by atoms with van der Waals surface area (Å²) >= 11 is 8.11. The molecule has 0 radical (unpaired) electrons. The van der Waals surface area contributed by atoms with E-state index in [1.807, 2.05) is 12.1 Å². The number of benzene rings is 6. The van der Waals surface area contributed by atoms with Crippen molar-refractivity contribution in [2.75, 3.05) is 0 Å². The molecule has 0 atom stereocenters. The Hall–Kier alpha value is -3.90. The zero-order valence-corrected chi connectivity index (χ0v) is 28.1. The zero-order valence-electron chi connectivity index (χ0n) is 24.0. The van der Waals surface area contributed by atoms with E-state index in [9.17, 15) is 0 Å². The van der Waals surface area contributed by atoms with Gasteiger partial charge in [0, 0.05) is 41.6 Å². The predicted octanol–water partition coefficient (Wildman–Crippen LogP) is 10.5.